The highest BCUT2D eigenvalue weighted by Crippen LogP contribution is 2.20. The molecule has 5 nitrogen and oxygen atoms in total. The molecule has 5 heteroatoms. The number of hydrogen-bond acceptors (Lipinski definition) is 4. The molecule has 2 aromatic carbocycles. The van der Waals surface area contributed by atoms with Crippen LogP contribution in [0.2, 0.25) is 0 Å². The van der Waals surface area contributed by atoms with Crippen LogP contribution in [0.3, 0.4) is 0 Å². The first-order valence-electron chi connectivity index (χ1n) is 9.94. The Hall–Kier alpha value is -3.21. The molecule has 0 atom stereocenters. The molecule has 3 rings (SSSR count). The molecule has 0 unspecified atom stereocenters. The zero-order chi connectivity index (χ0) is 20.8. The molecule has 0 aliphatic rings. The number of hydrogen-bond donors (Lipinski definition) is 1. The summed E-state index contributed by atoms with van der Waals surface area (Å²) in [5.41, 5.74) is 4.16. The molecule has 0 spiro atoms. The minimum atomic E-state index is -0.279. The van der Waals surface area contributed by atoms with E-state index < -0.39 is 0 Å². The van der Waals surface area contributed by atoms with Gasteiger partial charge in [0.05, 0.1) is 0 Å². The third-order valence-corrected chi connectivity index (χ3v) is 4.72. The van der Waals surface area contributed by atoms with Crippen molar-refractivity contribution in [2.45, 2.75) is 34.3 Å². The Morgan fingerprint density at radius 3 is 2.24 bits per heavy atom. The number of rotatable bonds is 8. The van der Waals surface area contributed by atoms with E-state index in [4.69, 9.17) is 9.15 Å². The average molecular weight is 392 g/mol. The van der Waals surface area contributed by atoms with Crippen molar-refractivity contribution < 1.29 is 13.9 Å². The third-order valence-electron chi connectivity index (χ3n) is 4.72. The molecule has 29 heavy (non-hydrogen) atoms. The summed E-state index contributed by atoms with van der Waals surface area (Å²) in [6.07, 6.45) is 0. The fourth-order valence-electron chi connectivity index (χ4n) is 3.29. The topological polar surface area (TPSA) is 54.7 Å². The van der Waals surface area contributed by atoms with E-state index in [0.717, 1.165) is 41.3 Å². The van der Waals surface area contributed by atoms with Gasteiger partial charge in [-0.05, 0) is 87.4 Å². The predicted octanol–water partition coefficient (Wildman–Crippen LogP) is 5.57. The van der Waals surface area contributed by atoms with Crippen LogP contribution in [0.4, 0.5) is 11.4 Å². The maximum Gasteiger partial charge on any atom is 0.291 e. The van der Waals surface area contributed by atoms with Gasteiger partial charge in [0, 0.05) is 24.5 Å². The maximum atomic E-state index is 12.5. The Labute approximate surface area is 172 Å². The highest BCUT2D eigenvalue weighted by atomic mass is 16.5. The van der Waals surface area contributed by atoms with Crippen molar-refractivity contribution in [1.29, 1.82) is 0 Å². The number of benzene rings is 2. The van der Waals surface area contributed by atoms with Crippen LogP contribution in [-0.2, 0) is 6.61 Å². The second kappa shape index (κ2) is 9.32. The first-order chi connectivity index (χ1) is 14.0. The Kier molecular flexibility index (Phi) is 6.60. The molecular weight excluding hydrogens is 364 g/mol. The lowest BCUT2D eigenvalue weighted by molar-refractivity contribution is 0.0992. The number of aryl methyl sites for hydroxylation is 2. The molecule has 3 aromatic rings. The lowest BCUT2D eigenvalue weighted by Gasteiger charge is -2.21. The summed E-state index contributed by atoms with van der Waals surface area (Å²) in [4.78, 5) is 14.7. The van der Waals surface area contributed by atoms with Crippen LogP contribution >= 0.6 is 0 Å². The summed E-state index contributed by atoms with van der Waals surface area (Å²) in [5.74, 6) is 1.37. The molecule has 0 aliphatic heterocycles. The Morgan fingerprint density at radius 1 is 0.966 bits per heavy atom. The van der Waals surface area contributed by atoms with Gasteiger partial charge >= 0.3 is 0 Å². The van der Waals surface area contributed by atoms with Gasteiger partial charge in [-0.2, -0.15) is 0 Å². The maximum absolute atomic E-state index is 12.5. The zero-order valence-electron chi connectivity index (χ0n) is 17.5. The summed E-state index contributed by atoms with van der Waals surface area (Å²) in [7, 11) is 0. The minimum Gasteiger partial charge on any atom is -0.486 e. The van der Waals surface area contributed by atoms with Gasteiger partial charge in [-0.15, -0.1) is 0 Å². The van der Waals surface area contributed by atoms with Crippen molar-refractivity contribution in [3.63, 3.8) is 0 Å². The van der Waals surface area contributed by atoms with Gasteiger partial charge in [0.15, 0.2) is 5.76 Å². The number of nitrogens with one attached hydrogen (secondary N) is 1. The second-order valence-corrected chi connectivity index (χ2v) is 7.05. The van der Waals surface area contributed by atoms with E-state index in [0.29, 0.717) is 5.76 Å². The van der Waals surface area contributed by atoms with Crippen LogP contribution in [0.5, 0.6) is 5.75 Å². The van der Waals surface area contributed by atoms with Crippen molar-refractivity contribution in [2.24, 2.45) is 0 Å². The van der Waals surface area contributed by atoms with Crippen molar-refractivity contribution in [2.75, 3.05) is 23.3 Å². The normalized spacial score (nSPS) is 10.6. The van der Waals surface area contributed by atoms with Crippen LogP contribution in [0.1, 0.15) is 41.3 Å². The molecule has 1 heterocycles. The first kappa shape index (κ1) is 20.5. The number of carbonyl (C=O) groups excluding carboxylic acids is 1. The van der Waals surface area contributed by atoms with Gasteiger partial charge < -0.3 is 19.4 Å². The van der Waals surface area contributed by atoms with Gasteiger partial charge in [-0.25, -0.2) is 0 Å². The zero-order valence-corrected chi connectivity index (χ0v) is 17.5. The van der Waals surface area contributed by atoms with Gasteiger partial charge in [-0.1, -0.05) is 6.07 Å². The molecular formula is C24H28N2O3. The molecule has 0 saturated carbocycles. The molecule has 1 N–H and O–H groups in total. The summed E-state index contributed by atoms with van der Waals surface area (Å²) in [6, 6.07) is 17.3. The highest BCUT2D eigenvalue weighted by Gasteiger charge is 2.12. The van der Waals surface area contributed by atoms with Crippen LogP contribution in [-0.4, -0.2) is 19.0 Å². The van der Waals surface area contributed by atoms with Crippen LogP contribution in [0, 0.1) is 13.8 Å². The van der Waals surface area contributed by atoms with Crippen LogP contribution < -0.4 is 15.0 Å². The van der Waals surface area contributed by atoms with E-state index in [1.165, 1.54) is 0 Å². The summed E-state index contributed by atoms with van der Waals surface area (Å²) < 4.78 is 11.4. The van der Waals surface area contributed by atoms with Crippen molar-refractivity contribution in [1.82, 2.24) is 0 Å². The molecule has 0 aliphatic carbocycles. The van der Waals surface area contributed by atoms with E-state index in [2.05, 4.69) is 30.1 Å². The first-order valence-corrected chi connectivity index (χ1v) is 9.94. The minimum absolute atomic E-state index is 0.261. The fourth-order valence-corrected chi connectivity index (χ4v) is 3.29. The number of amides is 1. The van der Waals surface area contributed by atoms with E-state index in [9.17, 15) is 4.79 Å². The quantitative estimate of drug-likeness (QED) is 0.544. The van der Waals surface area contributed by atoms with Gasteiger partial charge in [0.1, 0.15) is 18.1 Å². The fraction of sp³-hybridized carbons (Fsp3) is 0.292. The van der Waals surface area contributed by atoms with Gasteiger partial charge in [0.25, 0.3) is 5.91 Å². The average Bonchev–Trinajstić information content (AvgIpc) is 3.17. The molecule has 0 saturated heterocycles. The van der Waals surface area contributed by atoms with Crippen LogP contribution in [0.15, 0.2) is 59.0 Å². The summed E-state index contributed by atoms with van der Waals surface area (Å²) in [6.45, 7) is 10.5. The smallest absolute Gasteiger partial charge is 0.291 e. The summed E-state index contributed by atoms with van der Waals surface area (Å²) >= 11 is 0. The van der Waals surface area contributed by atoms with E-state index in [1.54, 1.807) is 12.1 Å². The van der Waals surface area contributed by atoms with E-state index in [-0.39, 0.29) is 18.3 Å². The number of furan rings is 1. The Bertz CT molecular complexity index is 936. The summed E-state index contributed by atoms with van der Waals surface area (Å²) in [5, 5.41) is 2.87. The molecule has 1 amide bonds. The van der Waals surface area contributed by atoms with Gasteiger partial charge in [-0.3, -0.25) is 4.79 Å². The van der Waals surface area contributed by atoms with E-state index >= 15 is 0 Å². The standard InChI is InChI=1S/C24H28N2O3/c1-5-26(6-2)20-9-7-19(8-10-20)25-24(27)23-12-11-21(29-23)16-28-22-14-17(3)13-18(4)15-22/h7-15H,5-6,16H2,1-4H3,(H,25,27). The number of ether oxygens (including phenoxy) is 1. The molecule has 1 aromatic heterocycles. The number of anilines is 2. The Morgan fingerprint density at radius 2 is 1.62 bits per heavy atom. The monoisotopic (exact) mass is 392 g/mol. The van der Waals surface area contributed by atoms with Crippen molar-refractivity contribution in [3.8, 4) is 5.75 Å². The lowest BCUT2D eigenvalue weighted by Crippen LogP contribution is -2.21. The SMILES string of the molecule is CCN(CC)c1ccc(NC(=O)c2ccc(COc3cc(C)cc(C)c3)o2)cc1. The van der Waals surface area contributed by atoms with Crippen molar-refractivity contribution in [3.05, 3.63) is 77.2 Å². The lowest BCUT2D eigenvalue weighted by atomic mass is 10.1. The second-order valence-electron chi connectivity index (χ2n) is 7.05. The largest absolute Gasteiger partial charge is 0.486 e. The molecule has 0 fully saturated rings. The Balaban J connectivity index is 1.59. The van der Waals surface area contributed by atoms with Crippen molar-refractivity contribution >= 4 is 17.3 Å². The molecule has 0 radical (unpaired) electrons. The number of nitrogens with zero attached hydrogens (tertiary/aromatic N) is 1. The van der Waals surface area contributed by atoms with E-state index in [1.807, 2.05) is 50.2 Å². The van der Waals surface area contributed by atoms with Gasteiger partial charge in [0.2, 0.25) is 0 Å². The predicted molar refractivity (Wildman–Crippen MR) is 117 cm³/mol. The highest BCUT2D eigenvalue weighted by molar-refractivity contribution is 6.02. The number of carbonyl (C=O) groups is 1. The third kappa shape index (κ3) is 5.41. The van der Waals surface area contributed by atoms with Crippen LogP contribution in [0.25, 0.3) is 0 Å². The molecule has 152 valence electrons. The molecule has 0 bridgehead atoms.